The molecule has 1 aromatic heterocycles. The van der Waals surface area contributed by atoms with Gasteiger partial charge in [-0.25, -0.2) is 5.43 Å². The van der Waals surface area contributed by atoms with Crippen LogP contribution in [-0.4, -0.2) is 31.7 Å². The summed E-state index contributed by atoms with van der Waals surface area (Å²) in [7, 11) is 1.49. The number of amides is 2. The van der Waals surface area contributed by atoms with E-state index in [9.17, 15) is 9.59 Å². The highest BCUT2D eigenvalue weighted by Gasteiger charge is 2.13. The fraction of sp³-hybridized carbons (Fsp3) is 0.235. The minimum atomic E-state index is -0.906. The van der Waals surface area contributed by atoms with Crippen molar-refractivity contribution in [3.8, 4) is 11.5 Å². The van der Waals surface area contributed by atoms with Crippen LogP contribution in [0.4, 0.5) is 0 Å². The third-order valence-corrected chi connectivity index (χ3v) is 3.41. The number of halogens is 1. The van der Waals surface area contributed by atoms with Crippen LogP contribution in [0.3, 0.4) is 0 Å². The molecule has 2 rings (SSSR count). The van der Waals surface area contributed by atoms with Crippen LogP contribution in [0.15, 0.2) is 40.0 Å². The Kier molecular flexibility index (Phi) is 7.04. The lowest BCUT2D eigenvalue weighted by Gasteiger charge is -2.11. The zero-order chi connectivity index (χ0) is 18.9. The minimum Gasteiger partial charge on any atom is -0.493 e. The minimum absolute atomic E-state index is 0.106. The second-order valence-corrected chi connectivity index (χ2v) is 5.34. The molecule has 0 radical (unpaired) electrons. The van der Waals surface area contributed by atoms with E-state index in [-0.39, 0.29) is 6.54 Å². The molecule has 2 N–H and O–H groups in total. The van der Waals surface area contributed by atoms with Crippen molar-refractivity contribution < 1.29 is 23.5 Å². The summed E-state index contributed by atoms with van der Waals surface area (Å²) in [5.74, 6) is -0.345. The summed E-state index contributed by atoms with van der Waals surface area (Å²) in [6, 6.07) is 6.60. The van der Waals surface area contributed by atoms with Crippen molar-refractivity contribution in [2.75, 3.05) is 13.7 Å². The first-order valence-electron chi connectivity index (χ1n) is 7.69. The number of carbonyl (C=O) groups excluding carboxylic acids is 2. The first kappa shape index (κ1) is 19.3. The summed E-state index contributed by atoms with van der Waals surface area (Å²) in [6.45, 7) is 2.37. The molecule has 138 valence electrons. The van der Waals surface area contributed by atoms with Gasteiger partial charge in [0.05, 0.1) is 37.8 Å². The van der Waals surface area contributed by atoms with Gasteiger partial charge in [0.15, 0.2) is 11.5 Å². The predicted octanol–water partition coefficient (Wildman–Crippen LogP) is 2.11. The molecule has 1 heterocycles. The van der Waals surface area contributed by atoms with Gasteiger partial charge in [-0.1, -0.05) is 11.6 Å². The molecule has 9 heteroatoms. The topological polar surface area (TPSA) is 102 Å². The number of ether oxygens (including phenoxy) is 2. The van der Waals surface area contributed by atoms with E-state index in [1.165, 1.54) is 19.6 Å². The Bertz CT molecular complexity index is 790. The average Bonchev–Trinajstić information content (AvgIpc) is 3.15. The number of hydrogen-bond acceptors (Lipinski definition) is 6. The Morgan fingerprint density at radius 3 is 2.81 bits per heavy atom. The van der Waals surface area contributed by atoms with Crippen LogP contribution in [0.2, 0.25) is 5.02 Å². The van der Waals surface area contributed by atoms with Gasteiger partial charge in [0, 0.05) is 0 Å². The van der Waals surface area contributed by atoms with Gasteiger partial charge in [0.1, 0.15) is 5.76 Å². The first-order valence-corrected chi connectivity index (χ1v) is 8.06. The van der Waals surface area contributed by atoms with Crippen molar-refractivity contribution in [3.05, 3.63) is 46.9 Å². The number of hydrogen-bond donors (Lipinski definition) is 2. The van der Waals surface area contributed by atoms with Gasteiger partial charge >= 0.3 is 11.8 Å². The number of nitrogens with zero attached hydrogens (tertiary/aromatic N) is 1. The molecule has 0 aliphatic carbocycles. The zero-order valence-corrected chi connectivity index (χ0v) is 15.0. The monoisotopic (exact) mass is 379 g/mol. The molecule has 1 aromatic carbocycles. The molecule has 0 unspecified atom stereocenters. The average molecular weight is 380 g/mol. The number of hydrazone groups is 1. The van der Waals surface area contributed by atoms with E-state index >= 15 is 0 Å². The number of nitrogens with one attached hydrogen (secondary N) is 2. The van der Waals surface area contributed by atoms with Gasteiger partial charge in [0.2, 0.25) is 0 Å². The fourth-order valence-electron chi connectivity index (χ4n) is 1.98. The van der Waals surface area contributed by atoms with Crippen LogP contribution in [0.1, 0.15) is 18.2 Å². The Labute approximate surface area is 155 Å². The van der Waals surface area contributed by atoms with Gasteiger partial charge in [-0.05, 0) is 36.8 Å². The smallest absolute Gasteiger partial charge is 0.329 e. The van der Waals surface area contributed by atoms with E-state index in [2.05, 4.69) is 15.8 Å². The molecular weight excluding hydrogens is 362 g/mol. The second-order valence-electron chi connectivity index (χ2n) is 4.93. The lowest BCUT2D eigenvalue weighted by atomic mass is 10.2. The third kappa shape index (κ3) is 5.25. The number of methoxy groups -OCH3 is 1. The molecule has 0 aliphatic heterocycles. The standard InChI is InChI=1S/C17H18ClN3O5/c1-3-25-15-13(18)7-11(8-14(15)24-2)9-20-21-17(23)16(22)19-10-12-5-4-6-26-12/h4-9H,3,10H2,1-2H3,(H,19,22)(H,21,23)/b20-9-. The van der Waals surface area contributed by atoms with E-state index in [4.69, 9.17) is 25.5 Å². The number of carbonyl (C=O) groups is 2. The van der Waals surface area contributed by atoms with Crippen molar-refractivity contribution >= 4 is 29.6 Å². The third-order valence-electron chi connectivity index (χ3n) is 3.13. The number of benzene rings is 1. The molecule has 26 heavy (non-hydrogen) atoms. The van der Waals surface area contributed by atoms with Crippen LogP contribution < -0.4 is 20.2 Å². The molecule has 0 aliphatic rings. The summed E-state index contributed by atoms with van der Waals surface area (Å²) in [5.41, 5.74) is 2.69. The van der Waals surface area contributed by atoms with Crippen LogP contribution in [0.5, 0.6) is 11.5 Å². The van der Waals surface area contributed by atoms with Gasteiger partial charge in [-0.3, -0.25) is 9.59 Å². The summed E-state index contributed by atoms with van der Waals surface area (Å²) in [5, 5.41) is 6.48. The fourth-order valence-corrected chi connectivity index (χ4v) is 2.25. The maximum atomic E-state index is 11.7. The Morgan fingerprint density at radius 2 is 2.15 bits per heavy atom. The van der Waals surface area contributed by atoms with Gasteiger partial charge < -0.3 is 19.2 Å². The van der Waals surface area contributed by atoms with E-state index < -0.39 is 11.8 Å². The molecule has 0 saturated heterocycles. The van der Waals surface area contributed by atoms with Crippen LogP contribution in [0.25, 0.3) is 0 Å². The Hall–Kier alpha value is -3.00. The highest BCUT2D eigenvalue weighted by Crippen LogP contribution is 2.35. The molecule has 0 bridgehead atoms. The normalized spacial score (nSPS) is 10.6. The van der Waals surface area contributed by atoms with Gasteiger partial charge in [0.25, 0.3) is 0 Å². The van der Waals surface area contributed by atoms with E-state index in [0.29, 0.717) is 34.5 Å². The Balaban J connectivity index is 1.93. The maximum absolute atomic E-state index is 11.7. The van der Waals surface area contributed by atoms with Crippen LogP contribution in [0, 0.1) is 0 Å². The largest absolute Gasteiger partial charge is 0.493 e. The highest BCUT2D eigenvalue weighted by molar-refractivity contribution is 6.35. The summed E-state index contributed by atoms with van der Waals surface area (Å²) in [6.07, 6.45) is 2.81. The quantitative estimate of drug-likeness (QED) is 0.436. The van der Waals surface area contributed by atoms with Crippen LogP contribution in [-0.2, 0) is 16.1 Å². The van der Waals surface area contributed by atoms with E-state index in [0.717, 1.165) is 0 Å². The molecule has 2 aromatic rings. The van der Waals surface area contributed by atoms with Crippen molar-refractivity contribution in [3.63, 3.8) is 0 Å². The molecule has 0 spiro atoms. The summed E-state index contributed by atoms with van der Waals surface area (Å²) >= 11 is 6.15. The molecular formula is C17H18ClN3O5. The lowest BCUT2D eigenvalue weighted by Crippen LogP contribution is -2.37. The first-order chi connectivity index (χ1) is 12.5. The summed E-state index contributed by atoms with van der Waals surface area (Å²) in [4.78, 5) is 23.3. The molecule has 2 amide bonds. The molecule has 0 atom stereocenters. The molecule has 0 saturated carbocycles. The van der Waals surface area contributed by atoms with Crippen molar-refractivity contribution in [2.24, 2.45) is 5.10 Å². The van der Waals surface area contributed by atoms with E-state index in [1.54, 1.807) is 24.3 Å². The molecule has 8 nitrogen and oxygen atoms in total. The van der Waals surface area contributed by atoms with E-state index in [1.807, 2.05) is 6.92 Å². The zero-order valence-electron chi connectivity index (χ0n) is 14.2. The number of rotatable bonds is 7. The SMILES string of the molecule is CCOc1c(Cl)cc(/C=N\NC(=O)C(=O)NCc2ccco2)cc1OC. The maximum Gasteiger partial charge on any atom is 0.329 e. The highest BCUT2D eigenvalue weighted by atomic mass is 35.5. The Morgan fingerprint density at radius 1 is 1.35 bits per heavy atom. The van der Waals surface area contributed by atoms with Crippen LogP contribution >= 0.6 is 11.6 Å². The van der Waals surface area contributed by atoms with Gasteiger partial charge in [-0.15, -0.1) is 0 Å². The molecule has 0 fully saturated rings. The van der Waals surface area contributed by atoms with Gasteiger partial charge in [-0.2, -0.15) is 5.10 Å². The summed E-state index contributed by atoms with van der Waals surface area (Å²) < 4.78 is 15.7. The predicted molar refractivity (Wildman–Crippen MR) is 95.5 cm³/mol. The van der Waals surface area contributed by atoms with Crippen molar-refractivity contribution in [1.82, 2.24) is 10.7 Å². The second kappa shape index (κ2) is 9.47. The van der Waals surface area contributed by atoms with Crippen molar-refractivity contribution in [2.45, 2.75) is 13.5 Å². The number of furan rings is 1. The van der Waals surface area contributed by atoms with Crippen molar-refractivity contribution in [1.29, 1.82) is 0 Å². The lowest BCUT2D eigenvalue weighted by molar-refractivity contribution is -0.139.